The van der Waals surface area contributed by atoms with Gasteiger partial charge in [0.2, 0.25) is 12.3 Å². The first-order chi connectivity index (χ1) is 24.1. The predicted octanol–water partition coefficient (Wildman–Crippen LogP) is 5.64. The Morgan fingerprint density at radius 3 is 2.16 bits per heavy atom. The van der Waals surface area contributed by atoms with Gasteiger partial charge in [-0.2, -0.15) is 0 Å². The molecule has 3 amide bonds. The van der Waals surface area contributed by atoms with Crippen molar-refractivity contribution in [1.82, 2.24) is 10.2 Å². The largest absolute Gasteiger partial charge is 0.506 e. The summed E-state index contributed by atoms with van der Waals surface area (Å²) in [6.45, 7) is 6.84. The molecule has 1 aliphatic heterocycles. The Hall–Kier alpha value is -5.23. The highest BCUT2D eigenvalue weighted by Gasteiger charge is 2.22. The summed E-state index contributed by atoms with van der Waals surface area (Å²) in [5, 5.41) is 28.9. The highest BCUT2D eigenvalue weighted by atomic mass is 16.6. The zero-order valence-electron chi connectivity index (χ0n) is 28.6. The van der Waals surface area contributed by atoms with Crippen molar-refractivity contribution in [2.24, 2.45) is 5.73 Å². The number of phenols is 1. The number of likely N-dealkylation sites (tertiary alicyclic amines) is 1. The number of piperidine rings is 1. The Bertz CT molecular complexity index is 1660. The van der Waals surface area contributed by atoms with Crippen molar-refractivity contribution in [2.75, 3.05) is 36.8 Å². The van der Waals surface area contributed by atoms with Gasteiger partial charge in [-0.3, -0.25) is 9.59 Å². The summed E-state index contributed by atoms with van der Waals surface area (Å²) in [6.07, 6.45) is 0.531. The van der Waals surface area contributed by atoms with Crippen molar-refractivity contribution >= 4 is 29.8 Å². The van der Waals surface area contributed by atoms with E-state index in [0.717, 1.165) is 35.5 Å². The molecule has 0 spiro atoms. The number of nitrogens with zero attached hydrogens (tertiary/aromatic N) is 1. The molecule has 1 saturated heterocycles. The van der Waals surface area contributed by atoms with Gasteiger partial charge in [0.15, 0.2) is 0 Å². The Morgan fingerprint density at radius 1 is 0.920 bits per heavy atom. The van der Waals surface area contributed by atoms with Gasteiger partial charge >= 0.3 is 6.09 Å². The number of hydrogen-bond acceptors (Lipinski definition) is 8. The number of nitrogens with two attached hydrogens (primary N) is 1. The molecular formula is C39H47N5O6. The van der Waals surface area contributed by atoms with Gasteiger partial charge in [0.1, 0.15) is 11.9 Å². The summed E-state index contributed by atoms with van der Waals surface area (Å²) in [4.78, 5) is 36.3. The van der Waals surface area contributed by atoms with Crippen molar-refractivity contribution in [2.45, 2.75) is 51.9 Å². The number of primary amides is 1. The van der Waals surface area contributed by atoms with Crippen LogP contribution in [-0.2, 0) is 20.9 Å². The van der Waals surface area contributed by atoms with E-state index in [1.54, 1.807) is 6.07 Å². The van der Waals surface area contributed by atoms with Crippen molar-refractivity contribution in [3.8, 4) is 16.9 Å². The summed E-state index contributed by atoms with van der Waals surface area (Å²) in [5.74, 6) is -0.134. The monoisotopic (exact) mass is 681 g/mol. The number of phenolic OH excluding ortho intramolecular Hbond substituents is 1. The standard InChI is InChI=1S/C27H37N5O6.C12H10/c1-17-12-22(31-26(36)7-10-32-8-5-21(6-9-32)38-27(28)37)18(2)11-20(17)14-29-15-25(35)19-3-4-24(34)23(13-19)30-16-33;1-3-7-11(8-4-1)12-9-5-2-6-10-12/h3-4,11-13,16,21,25,29,34-35H,5-10,14-15H2,1-2H3,(H2,28,37)(H,30,33)(H,31,36);1-10H. The van der Waals surface area contributed by atoms with Gasteiger partial charge in [-0.15, -0.1) is 0 Å². The lowest BCUT2D eigenvalue weighted by Crippen LogP contribution is -2.39. The number of amides is 3. The van der Waals surface area contributed by atoms with Crippen LogP contribution in [0.4, 0.5) is 16.2 Å². The maximum atomic E-state index is 12.6. The maximum absolute atomic E-state index is 12.6. The zero-order chi connectivity index (χ0) is 35.9. The minimum Gasteiger partial charge on any atom is -0.506 e. The van der Waals surface area contributed by atoms with Gasteiger partial charge in [-0.1, -0.05) is 72.8 Å². The summed E-state index contributed by atoms with van der Waals surface area (Å²) in [6, 6.07) is 29.3. The summed E-state index contributed by atoms with van der Waals surface area (Å²) in [5.41, 5.74) is 12.2. The first-order valence-corrected chi connectivity index (χ1v) is 16.7. The molecule has 0 bridgehead atoms. The molecule has 5 rings (SSSR count). The lowest BCUT2D eigenvalue weighted by atomic mass is 10.0. The second-order valence-corrected chi connectivity index (χ2v) is 12.3. The first kappa shape index (κ1) is 37.6. The van der Waals surface area contributed by atoms with Crippen LogP contribution in [0.25, 0.3) is 11.1 Å². The fraction of sp³-hybridized carbons (Fsp3) is 0.308. The molecule has 1 unspecified atom stereocenters. The van der Waals surface area contributed by atoms with E-state index in [-0.39, 0.29) is 30.0 Å². The molecule has 0 saturated carbocycles. The Kier molecular flexibility index (Phi) is 14.3. The van der Waals surface area contributed by atoms with E-state index in [4.69, 9.17) is 10.5 Å². The summed E-state index contributed by atoms with van der Waals surface area (Å²) in [7, 11) is 0. The van der Waals surface area contributed by atoms with Crippen molar-refractivity contribution < 1.29 is 29.3 Å². The Morgan fingerprint density at radius 2 is 1.56 bits per heavy atom. The van der Waals surface area contributed by atoms with Crippen LogP contribution in [0.1, 0.15) is 47.6 Å². The van der Waals surface area contributed by atoms with Crippen LogP contribution in [0.5, 0.6) is 5.75 Å². The number of aliphatic hydroxyl groups is 1. The average Bonchev–Trinajstić information content (AvgIpc) is 3.12. The number of rotatable bonds is 13. The van der Waals surface area contributed by atoms with Gasteiger partial charge in [-0.25, -0.2) is 4.79 Å². The molecule has 0 aromatic heterocycles. The molecule has 11 heteroatoms. The summed E-state index contributed by atoms with van der Waals surface area (Å²) < 4.78 is 5.05. The molecule has 0 aliphatic carbocycles. The minimum atomic E-state index is -0.829. The van der Waals surface area contributed by atoms with Crippen LogP contribution >= 0.6 is 0 Å². The molecule has 1 heterocycles. The molecule has 1 aliphatic rings. The van der Waals surface area contributed by atoms with Crippen molar-refractivity contribution in [3.63, 3.8) is 0 Å². The number of aromatic hydroxyl groups is 1. The SMILES string of the molecule is Cc1cc(NC(=O)CCN2CCC(OC(N)=O)CC2)c(C)cc1CNCC(O)c1ccc(O)c(NC=O)c1.c1ccc(-c2ccccc2)cc1. The van der Waals surface area contributed by atoms with Crippen LogP contribution in [0.15, 0.2) is 91.0 Å². The molecule has 7 N–H and O–H groups in total. The molecule has 1 atom stereocenters. The molecule has 1 fully saturated rings. The normalized spacial score (nSPS) is 13.7. The van der Waals surface area contributed by atoms with Crippen LogP contribution in [0, 0.1) is 13.8 Å². The highest BCUT2D eigenvalue weighted by molar-refractivity contribution is 5.91. The van der Waals surface area contributed by atoms with Crippen LogP contribution in [0.3, 0.4) is 0 Å². The van der Waals surface area contributed by atoms with E-state index in [2.05, 4.69) is 69.4 Å². The Labute approximate surface area is 293 Å². The van der Waals surface area contributed by atoms with E-state index in [9.17, 15) is 24.6 Å². The van der Waals surface area contributed by atoms with Crippen LogP contribution in [-0.4, -0.2) is 65.8 Å². The first-order valence-electron chi connectivity index (χ1n) is 16.7. The second-order valence-electron chi connectivity index (χ2n) is 12.3. The van der Waals surface area contributed by atoms with Gasteiger partial charge in [0.05, 0.1) is 11.8 Å². The van der Waals surface area contributed by atoms with E-state index >= 15 is 0 Å². The van der Waals surface area contributed by atoms with E-state index < -0.39 is 12.2 Å². The number of ether oxygens (including phenoxy) is 1. The molecule has 50 heavy (non-hydrogen) atoms. The smallest absolute Gasteiger partial charge is 0.404 e. The third-order valence-electron chi connectivity index (χ3n) is 8.58. The fourth-order valence-corrected chi connectivity index (χ4v) is 5.75. The third kappa shape index (κ3) is 11.7. The number of carbonyl (C=O) groups is 3. The number of hydrogen-bond donors (Lipinski definition) is 6. The number of carbonyl (C=O) groups excluding carboxylic acids is 3. The number of aliphatic hydroxyl groups excluding tert-OH is 1. The van der Waals surface area contributed by atoms with Gasteiger partial charge in [0, 0.05) is 44.8 Å². The van der Waals surface area contributed by atoms with E-state index in [1.165, 1.54) is 23.3 Å². The van der Waals surface area contributed by atoms with Gasteiger partial charge in [0.25, 0.3) is 0 Å². The average molecular weight is 682 g/mol. The van der Waals surface area contributed by atoms with Crippen molar-refractivity contribution in [1.29, 1.82) is 0 Å². The fourth-order valence-electron chi connectivity index (χ4n) is 5.75. The number of benzene rings is 4. The molecule has 4 aromatic carbocycles. The predicted molar refractivity (Wildman–Crippen MR) is 196 cm³/mol. The van der Waals surface area contributed by atoms with Gasteiger partial charge in [-0.05, 0) is 78.3 Å². The molecule has 11 nitrogen and oxygen atoms in total. The molecule has 0 radical (unpaired) electrons. The van der Waals surface area contributed by atoms with Gasteiger partial charge < -0.3 is 41.5 Å². The summed E-state index contributed by atoms with van der Waals surface area (Å²) >= 11 is 0. The van der Waals surface area contributed by atoms with E-state index in [1.807, 2.05) is 38.1 Å². The lowest BCUT2D eigenvalue weighted by molar-refractivity contribution is -0.116. The van der Waals surface area contributed by atoms with Crippen LogP contribution in [0.2, 0.25) is 0 Å². The number of anilines is 2. The number of aryl methyl sites for hydroxylation is 2. The number of nitrogens with one attached hydrogen (secondary N) is 3. The third-order valence-corrected chi connectivity index (χ3v) is 8.58. The topological polar surface area (TPSA) is 166 Å². The van der Waals surface area contributed by atoms with Crippen LogP contribution < -0.4 is 21.7 Å². The minimum absolute atomic E-state index is 0.0608. The van der Waals surface area contributed by atoms with E-state index in [0.29, 0.717) is 44.3 Å². The maximum Gasteiger partial charge on any atom is 0.404 e. The zero-order valence-corrected chi connectivity index (χ0v) is 28.6. The highest BCUT2D eigenvalue weighted by Crippen LogP contribution is 2.27. The van der Waals surface area contributed by atoms with Crippen molar-refractivity contribution in [3.05, 3.63) is 113 Å². The molecule has 264 valence electrons. The second kappa shape index (κ2) is 19.1. The lowest BCUT2D eigenvalue weighted by Gasteiger charge is -2.31. The molecule has 4 aromatic rings. The quantitative estimate of drug-likeness (QED) is 0.0779. The Balaban J connectivity index is 0.000000390. The molecular weight excluding hydrogens is 634 g/mol.